The Labute approximate surface area is 132 Å². The Hall–Kier alpha value is -1.55. The Kier molecular flexibility index (Phi) is 4.98. The third kappa shape index (κ3) is 4.23. The van der Waals surface area contributed by atoms with Crippen LogP contribution in [0.1, 0.15) is 36.8 Å². The first kappa shape index (κ1) is 15.3. The minimum Gasteiger partial charge on any atom is -0.493 e. The highest BCUT2D eigenvalue weighted by Crippen LogP contribution is 2.30. The molecule has 1 heterocycles. The number of amides is 1. The first-order valence-electron chi connectivity index (χ1n) is 8.43. The monoisotopic (exact) mass is 302 g/mol. The molecule has 22 heavy (non-hydrogen) atoms. The molecule has 3 rings (SSSR count). The standard InChI is InChI=1S/C18H26N2O2/c1-13-2-5-16(17(10-13)22-12-14-3-4-14)11-20-18(21)15-6-8-19-9-7-15/h2,5,10,14-15,19H,3-4,6-9,11-12H2,1H3,(H,20,21). The number of aryl methyl sites for hydroxylation is 1. The maximum atomic E-state index is 12.2. The molecule has 1 aliphatic heterocycles. The summed E-state index contributed by atoms with van der Waals surface area (Å²) in [6.07, 6.45) is 4.44. The van der Waals surface area contributed by atoms with Gasteiger partial charge in [-0.3, -0.25) is 4.79 Å². The summed E-state index contributed by atoms with van der Waals surface area (Å²) >= 11 is 0. The van der Waals surface area contributed by atoms with Crippen molar-refractivity contribution in [1.29, 1.82) is 0 Å². The van der Waals surface area contributed by atoms with Crippen LogP contribution in [0.25, 0.3) is 0 Å². The number of piperidine rings is 1. The van der Waals surface area contributed by atoms with Crippen molar-refractivity contribution in [2.45, 2.75) is 39.2 Å². The van der Waals surface area contributed by atoms with E-state index in [0.29, 0.717) is 6.54 Å². The number of rotatable bonds is 6. The first-order valence-corrected chi connectivity index (χ1v) is 8.43. The van der Waals surface area contributed by atoms with E-state index in [-0.39, 0.29) is 11.8 Å². The van der Waals surface area contributed by atoms with Crippen LogP contribution in [-0.2, 0) is 11.3 Å². The summed E-state index contributed by atoms with van der Waals surface area (Å²) < 4.78 is 5.96. The van der Waals surface area contributed by atoms with Gasteiger partial charge in [-0.1, -0.05) is 12.1 Å². The molecule has 1 saturated carbocycles. The van der Waals surface area contributed by atoms with E-state index in [1.54, 1.807) is 0 Å². The van der Waals surface area contributed by atoms with Gasteiger partial charge in [0.05, 0.1) is 6.61 Å². The highest BCUT2D eigenvalue weighted by Gasteiger charge is 2.23. The number of carbonyl (C=O) groups is 1. The number of hydrogen-bond acceptors (Lipinski definition) is 3. The molecule has 0 bridgehead atoms. The fourth-order valence-corrected chi connectivity index (χ4v) is 2.85. The van der Waals surface area contributed by atoms with Gasteiger partial charge < -0.3 is 15.4 Å². The molecule has 0 spiro atoms. The van der Waals surface area contributed by atoms with E-state index in [9.17, 15) is 4.79 Å². The quantitative estimate of drug-likeness (QED) is 0.848. The van der Waals surface area contributed by atoms with Crippen molar-refractivity contribution in [1.82, 2.24) is 10.6 Å². The van der Waals surface area contributed by atoms with Crippen molar-refractivity contribution >= 4 is 5.91 Å². The molecule has 0 atom stereocenters. The summed E-state index contributed by atoms with van der Waals surface area (Å²) in [5, 5.41) is 6.38. The molecule has 2 aliphatic rings. The minimum absolute atomic E-state index is 0.155. The number of hydrogen-bond donors (Lipinski definition) is 2. The predicted molar refractivity (Wildman–Crippen MR) is 86.8 cm³/mol. The maximum Gasteiger partial charge on any atom is 0.223 e. The Morgan fingerprint density at radius 2 is 2.05 bits per heavy atom. The van der Waals surface area contributed by atoms with Crippen LogP contribution in [0.4, 0.5) is 0 Å². The fraction of sp³-hybridized carbons (Fsp3) is 0.611. The molecular formula is C18H26N2O2. The topological polar surface area (TPSA) is 50.4 Å². The zero-order valence-corrected chi connectivity index (χ0v) is 13.4. The summed E-state index contributed by atoms with van der Waals surface area (Å²) in [6.45, 7) is 5.32. The second-order valence-corrected chi connectivity index (χ2v) is 6.61. The van der Waals surface area contributed by atoms with Crippen LogP contribution < -0.4 is 15.4 Å². The highest BCUT2D eigenvalue weighted by atomic mass is 16.5. The summed E-state index contributed by atoms with van der Waals surface area (Å²) in [5.41, 5.74) is 2.27. The van der Waals surface area contributed by atoms with Gasteiger partial charge in [0.1, 0.15) is 5.75 Å². The van der Waals surface area contributed by atoms with Gasteiger partial charge in [0.25, 0.3) is 0 Å². The molecule has 2 fully saturated rings. The number of nitrogens with one attached hydrogen (secondary N) is 2. The summed E-state index contributed by atoms with van der Waals surface area (Å²) in [4.78, 5) is 12.2. The van der Waals surface area contributed by atoms with E-state index >= 15 is 0 Å². The van der Waals surface area contributed by atoms with E-state index in [1.165, 1.54) is 18.4 Å². The molecule has 0 aromatic heterocycles. The number of benzene rings is 1. The maximum absolute atomic E-state index is 12.2. The van der Waals surface area contributed by atoms with Gasteiger partial charge in [-0.15, -0.1) is 0 Å². The summed E-state index contributed by atoms with van der Waals surface area (Å²) in [6, 6.07) is 6.23. The average Bonchev–Trinajstić information content (AvgIpc) is 3.37. The summed E-state index contributed by atoms with van der Waals surface area (Å²) in [7, 11) is 0. The van der Waals surface area contributed by atoms with Crippen LogP contribution in [0, 0.1) is 18.8 Å². The van der Waals surface area contributed by atoms with E-state index in [2.05, 4.69) is 35.8 Å². The Morgan fingerprint density at radius 1 is 1.27 bits per heavy atom. The molecule has 4 nitrogen and oxygen atoms in total. The van der Waals surface area contributed by atoms with Crippen molar-refractivity contribution < 1.29 is 9.53 Å². The minimum atomic E-state index is 0.155. The lowest BCUT2D eigenvalue weighted by Gasteiger charge is -2.22. The van der Waals surface area contributed by atoms with Gasteiger partial charge in [-0.05, 0) is 63.2 Å². The molecular weight excluding hydrogens is 276 g/mol. The van der Waals surface area contributed by atoms with Crippen LogP contribution in [0.5, 0.6) is 5.75 Å². The fourth-order valence-electron chi connectivity index (χ4n) is 2.85. The molecule has 4 heteroatoms. The van der Waals surface area contributed by atoms with Crippen LogP contribution in [0.15, 0.2) is 18.2 Å². The second kappa shape index (κ2) is 7.14. The third-order valence-corrected chi connectivity index (χ3v) is 4.56. The number of ether oxygens (including phenoxy) is 1. The van der Waals surface area contributed by atoms with Crippen molar-refractivity contribution in [2.24, 2.45) is 11.8 Å². The van der Waals surface area contributed by atoms with Gasteiger partial charge in [-0.25, -0.2) is 0 Å². The molecule has 120 valence electrons. The highest BCUT2D eigenvalue weighted by molar-refractivity contribution is 5.78. The SMILES string of the molecule is Cc1ccc(CNC(=O)C2CCNCC2)c(OCC2CC2)c1. The molecule has 1 saturated heterocycles. The van der Waals surface area contributed by atoms with E-state index in [1.807, 2.05) is 0 Å². The average molecular weight is 302 g/mol. The van der Waals surface area contributed by atoms with Crippen molar-refractivity contribution in [3.63, 3.8) is 0 Å². The van der Waals surface area contributed by atoms with E-state index in [0.717, 1.165) is 49.8 Å². The molecule has 0 unspecified atom stereocenters. The summed E-state index contributed by atoms with van der Waals surface area (Å²) in [5.74, 6) is 1.99. The van der Waals surface area contributed by atoms with E-state index < -0.39 is 0 Å². The van der Waals surface area contributed by atoms with E-state index in [4.69, 9.17) is 4.74 Å². The molecule has 1 amide bonds. The lowest BCUT2D eigenvalue weighted by Crippen LogP contribution is -2.37. The lowest BCUT2D eigenvalue weighted by molar-refractivity contribution is -0.125. The largest absolute Gasteiger partial charge is 0.493 e. The smallest absolute Gasteiger partial charge is 0.223 e. The Morgan fingerprint density at radius 3 is 2.77 bits per heavy atom. The normalized spacial score (nSPS) is 19.0. The van der Waals surface area contributed by atoms with Gasteiger partial charge in [0.15, 0.2) is 0 Å². The van der Waals surface area contributed by atoms with Crippen molar-refractivity contribution in [3.8, 4) is 5.75 Å². The van der Waals surface area contributed by atoms with Crippen molar-refractivity contribution in [3.05, 3.63) is 29.3 Å². The first-order chi connectivity index (χ1) is 10.7. The van der Waals surface area contributed by atoms with Crippen LogP contribution >= 0.6 is 0 Å². The lowest BCUT2D eigenvalue weighted by atomic mass is 9.97. The van der Waals surface area contributed by atoms with Crippen LogP contribution in [-0.4, -0.2) is 25.6 Å². The third-order valence-electron chi connectivity index (χ3n) is 4.56. The Balaban J connectivity index is 1.57. The van der Waals surface area contributed by atoms with Crippen LogP contribution in [0.2, 0.25) is 0 Å². The Bertz CT molecular complexity index is 520. The van der Waals surface area contributed by atoms with Gasteiger partial charge >= 0.3 is 0 Å². The van der Waals surface area contributed by atoms with Crippen LogP contribution in [0.3, 0.4) is 0 Å². The molecule has 1 aromatic rings. The van der Waals surface area contributed by atoms with Gasteiger partial charge in [0, 0.05) is 18.0 Å². The van der Waals surface area contributed by atoms with Crippen molar-refractivity contribution in [2.75, 3.05) is 19.7 Å². The molecule has 2 N–H and O–H groups in total. The van der Waals surface area contributed by atoms with Gasteiger partial charge in [-0.2, -0.15) is 0 Å². The zero-order valence-electron chi connectivity index (χ0n) is 13.4. The zero-order chi connectivity index (χ0) is 15.4. The van der Waals surface area contributed by atoms with Gasteiger partial charge in [0.2, 0.25) is 5.91 Å². The predicted octanol–water partition coefficient (Wildman–Crippen LogP) is 2.40. The molecule has 0 radical (unpaired) electrons. The molecule has 1 aliphatic carbocycles. The second-order valence-electron chi connectivity index (χ2n) is 6.61. The molecule has 1 aromatic carbocycles. The number of carbonyl (C=O) groups excluding carboxylic acids is 1.